The molecule has 106 valence electrons. The lowest BCUT2D eigenvalue weighted by atomic mass is 9.99. The minimum atomic E-state index is -1.01. The van der Waals surface area contributed by atoms with Crippen LogP contribution in [0.1, 0.15) is 42.6 Å². The highest BCUT2D eigenvalue weighted by atomic mass is 19.1. The normalized spacial score (nSPS) is 12.4. The van der Waals surface area contributed by atoms with E-state index in [-0.39, 0.29) is 5.56 Å². The molecule has 0 aliphatic carbocycles. The Morgan fingerprint density at radius 2 is 1.55 bits per heavy atom. The Balaban J connectivity index is 2.17. The molecule has 20 heavy (non-hydrogen) atoms. The van der Waals surface area contributed by atoms with Gasteiger partial charge in [0.05, 0.1) is 0 Å². The van der Waals surface area contributed by atoms with E-state index >= 15 is 0 Å². The van der Waals surface area contributed by atoms with Crippen LogP contribution in [0, 0.1) is 11.6 Å². The minimum absolute atomic E-state index is 0.226. The van der Waals surface area contributed by atoms with Crippen LogP contribution in [-0.2, 0) is 6.42 Å². The fourth-order valence-electron chi connectivity index (χ4n) is 2.17. The fourth-order valence-corrected chi connectivity index (χ4v) is 2.17. The van der Waals surface area contributed by atoms with Crippen molar-refractivity contribution >= 4 is 0 Å². The van der Waals surface area contributed by atoms with Gasteiger partial charge in [-0.3, -0.25) is 0 Å². The summed E-state index contributed by atoms with van der Waals surface area (Å²) in [4.78, 5) is 0. The van der Waals surface area contributed by atoms with Crippen molar-refractivity contribution < 1.29 is 13.9 Å². The molecule has 0 aromatic heterocycles. The van der Waals surface area contributed by atoms with Crippen molar-refractivity contribution in [1.29, 1.82) is 0 Å². The van der Waals surface area contributed by atoms with Crippen molar-refractivity contribution in [2.75, 3.05) is 0 Å². The molecule has 0 radical (unpaired) electrons. The van der Waals surface area contributed by atoms with Gasteiger partial charge in [-0.1, -0.05) is 37.6 Å². The van der Waals surface area contributed by atoms with Crippen molar-refractivity contribution in [3.05, 3.63) is 70.8 Å². The lowest BCUT2D eigenvalue weighted by Crippen LogP contribution is -2.01. The number of unbranched alkanes of at least 4 members (excludes halogenated alkanes) is 1. The molecule has 0 amide bonds. The van der Waals surface area contributed by atoms with Crippen LogP contribution < -0.4 is 0 Å². The summed E-state index contributed by atoms with van der Waals surface area (Å²) in [6, 6.07) is 10.6. The highest BCUT2D eigenvalue weighted by molar-refractivity contribution is 5.32. The number of benzene rings is 2. The predicted octanol–water partition coefficient (Wildman–Crippen LogP) is 4.39. The number of aliphatic hydroxyl groups excluding tert-OH is 1. The van der Waals surface area contributed by atoms with Gasteiger partial charge in [0, 0.05) is 6.07 Å². The van der Waals surface area contributed by atoms with E-state index in [0.29, 0.717) is 5.56 Å². The summed E-state index contributed by atoms with van der Waals surface area (Å²) in [5.41, 5.74) is 2.06. The lowest BCUT2D eigenvalue weighted by molar-refractivity contribution is 0.219. The molecule has 0 bridgehead atoms. The molecule has 1 N–H and O–H groups in total. The third-order valence-corrected chi connectivity index (χ3v) is 3.32. The maximum atomic E-state index is 13.2. The third-order valence-electron chi connectivity index (χ3n) is 3.32. The van der Waals surface area contributed by atoms with E-state index in [9.17, 15) is 13.9 Å². The summed E-state index contributed by atoms with van der Waals surface area (Å²) in [5.74, 6) is -1.36. The first-order valence-electron chi connectivity index (χ1n) is 6.83. The van der Waals surface area contributed by atoms with Gasteiger partial charge in [0.1, 0.15) is 17.7 Å². The van der Waals surface area contributed by atoms with Crippen LogP contribution in [0.2, 0.25) is 0 Å². The van der Waals surface area contributed by atoms with E-state index in [1.165, 1.54) is 5.56 Å². The highest BCUT2D eigenvalue weighted by Crippen LogP contribution is 2.24. The first kappa shape index (κ1) is 14.7. The average Bonchev–Trinajstić information content (AvgIpc) is 2.44. The topological polar surface area (TPSA) is 20.2 Å². The molecular formula is C17H18F2O. The number of halogens is 2. The molecule has 0 aliphatic rings. The SMILES string of the molecule is CCCCc1ccc(C(O)c2cc(F)cc(F)c2)cc1. The molecular weight excluding hydrogens is 258 g/mol. The molecule has 1 unspecified atom stereocenters. The van der Waals surface area contributed by atoms with Crippen molar-refractivity contribution in [3.63, 3.8) is 0 Å². The Morgan fingerprint density at radius 1 is 0.950 bits per heavy atom. The van der Waals surface area contributed by atoms with E-state index in [2.05, 4.69) is 6.92 Å². The molecule has 2 aromatic rings. The summed E-state index contributed by atoms with van der Waals surface area (Å²) in [6.45, 7) is 2.14. The summed E-state index contributed by atoms with van der Waals surface area (Å²) >= 11 is 0. The largest absolute Gasteiger partial charge is 0.384 e. The minimum Gasteiger partial charge on any atom is -0.384 e. The second-order valence-electron chi connectivity index (χ2n) is 4.95. The number of hydrogen-bond donors (Lipinski definition) is 1. The fraction of sp³-hybridized carbons (Fsp3) is 0.294. The van der Waals surface area contributed by atoms with E-state index in [1.807, 2.05) is 12.1 Å². The standard InChI is InChI=1S/C17H18F2O/c1-2-3-4-12-5-7-13(8-6-12)17(20)14-9-15(18)11-16(19)10-14/h5-11,17,20H,2-4H2,1H3. The number of rotatable bonds is 5. The van der Waals surface area contributed by atoms with Crippen LogP contribution in [-0.4, -0.2) is 5.11 Å². The van der Waals surface area contributed by atoms with Gasteiger partial charge in [-0.15, -0.1) is 0 Å². The average molecular weight is 276 g/mol. The molecule has 0 fully saturated rings. The predicted molar refractivity (Wildman–Crippen MR) is 75.5 cm³/mol. The highest BCUT2D eigenvalue weighted by Gasteiger charge is 2.12. The first-order chi connectivity index (χ1) is 9.60. The Bertz CT molecular complexity index is 543. The van der Waals surface area contributed by atoms with E-state index in [1.54, 1.807) is 12.1 Å². The zero-order valence-corrected chi connectivity index (χ0v) is 11.4. The van der Waals surface area contributed by atoms with Gasteiger partial charge in [0.2, 0.25) is 0 Å². The van der Waals surface area contributed by atoms with Crippen molar-refractivity contribution in [1.82, 2.24) is 0 Å². The molecule has 2 aromatic carbocycles. The molecule has 1 atom stereocenters. The van der Waals surface area contributed by atoms with E-state index < -0.39 is 17.7 Å². The van der Waals surface area contributed by atoms with Crippen LogP contribution in [0.25, 0.3) is 0 Å². The van der Waals surface area contributed by atoms with Gasteiger partial charge in [-0.2, -0.15) is 0 Å². The van der Waals surface area contributed by atoms with Crippen molar-refractivity contribution in [2.24, 2.45) is 0 Å². The molecule has 1 nitrogen and oxygen atoms in total. The first-order valence-corrected chi connectivity index (χ1v) is 6.83. The molecule has 0 spiro atoms. The Morgan fingerprint density at radius 3 is 2.10 bits per heavy atom. The molecule has 2 rings (SSSR count). The number of hydrogen-bond acceptors (Lipinski definition) is 1. The maximum Gasteiger partial charge on any atom is 0.126 e. The van der Waals surface area contributed by atoms with Gasteiger partial charge < -0.3 is 5.11 Å². The molecule has 3 heteroatoms. The summed E-state index contributed by atoms with van der Waals surface area (Å²) in [6.07, 6.45) is 2.24. The van der Waals surface area contributed by atoms with E-state index in [0.717, 1.165) is 37.5 Å². The quantitative estimate of drug-likeness (QED) is 0.858. The smallest absolute Gasteiger partial charge is 0.126 e. The molecule has 0 aliphatic heterocycles. The maximum absolute atomic E-state index is 13.2. The van der Waals surface area contributed by atoms with Gasteiger partial charge in [0.15, 0.2) is 0 Å². The lowest BCUT2D eigenvalue weighted by Gasteiger charge is -2.12. The molecule has 0 heterocycles. The number of aryl methyl sites for hydroxylation is 1. The van der Waals surface area contributed by atoms with Crippen LogP contribution in [0.15, 0.2) is 42.5 Å². The second kappa shape index (κ2) is 6.62. The monoisotopic (exact) mass is 276 g/mol. The van der Waals surface area contributed by atoms with Crippen molar-refractivity contribution in [2.45, 2.75) is 32.3 Å². The van der Waals surface area contributed by atoms with Crippen LogP contribution in [0.3, 0.4) is 0 Å². The summed E-state index contributed by atoms with van der Waals surface area (Å²) in [7, 11) is 0. The molecule has 0 saturated carbocycles. The van der Waals surface area contributed by atoms with Crippen LogP contribution in [0.5, 0.6) is 0 Å². The Kier molecular flexibility index (Phi) is 4.85. The van der Waals surface area contributed by atoms with Gasteiger partial charge >= 0.3 is 0 Å². The Labute approximate surface area is 117 Å². The number of aliphatic hydroxyl groups is 1. The molecule has 0 saturated heterocycles. The van der Waals surface area contributed by atoms with Crippen LogP contribution in [0.4, 0.5) is 8.78 Å². The van der Waals surface area contributed by atoms with Gasteiger partial charge in [-0.25, -0.2) is 8.78 Å². The second-order valence-corrected chi connectivity index (χ2v) is 4.95. The summed E-state index contributed by atoms with van der Waals surface area (Å²) < 4.78 is 26.3. The van der Waals surface area contributed by atoms with Gasteiger partial charge in [-0.05, 0) is 41.7 Å². The van der Waals surface area contributed by atoms with E-state index in [4.69, 9.17) is 0 Å². The zero-order valence-electron chi connectivity index (χ0n) is 11.4. The Hall–Kier alpha value is -1.74. The van der Waals surface area contributed by atoms with Gasteiger partial charge in [0.25, 0.3) is 0 Å². The zero-order chi connectivity index (χ0) is 14.5. The van der Waals surface area contributed by atoms with Crippen LogP contribution >= 0.6 is 0 Å². The van der Waals surface area contributed by atoms with Crippen molar-refractivity contribution in [3.8, 4) is 0 Å². The third kappa shape index (κ3) is 3.64. The summed E-state index contributed by atoms with van der Waals surface area (Å²) in [5, 5.41) is 10.2.